The Labute approximate surface area is 80.0 Å². The monoisotopic (exact) mass is 197 g/mol. The predicted molar refractivity (Wildman–Crippen MR) is 49.6 cm³/mol. The molecule has 6 heteroatoms. The first-order chi connectivity index (χ1) is 6.54. The van der Waals surface area contributed by atoms with E-state index < -0.39 is 5.97 Å². The van der Waals surface area contributed by atoms with Gasteiger partial charge in [-0.25, -0.2) is 4.79 Å². The topological polar surface area (TPSA) is 112 Å². The molecule has 0 aliphatic heterocycles. The fourth-order valence-corrected chi connectivity index (χ4v) is 1.18. The number of aryl methyl sites for hydroxylation is 1. The van der Waals surface area contributed by atoms with Gasteiger partial charge in [0.25, 0.3) is 0 Å². The second-order valence-electron chi connectivity index (χ2n) is 2.93. The highest BCUT2D eigenvalue weighted by Crippen LogP contribution is 2.10. The summed E-state index contributed by atoms with van der Waals surface area (Å²) >= 11 is 0. The van der Waals surface area contributed by atoms with Crippen LogP contribution in [0, 0.1) is 6.92 Å². The third-order valence-electron chi connectivity index (χ3n) is 1.78. The Hall–Kier alpha value is -1.98. The molecular weight excluding hydrogens is 186 g/mol. The quantitative estimate of drug-likeness (QED) is 0.242. The van der Waals surface area contributed by atoms with E-state index in [-0.39, 0.29) is 18.0 Å². The van der Waals surface area contributed by atoms with Crippen LogP contribution < -0.4 is 5.73 Å². The van der Waals surface area contributed by atoms with E-state index in [2.05, 4.69) is 10.1 Å². The Morgan fingerprint density at radius 1 is 1.71 bits per heavy atom. The smallest absolute Gasteiger partial charge is 0.352 e. The number of carbonyl (C=O) groups is 1. The normalized spacial score (nSPS) is 11.6. The SMILES string of the molecule is Cc1cc(C/C(N)=N/O)[nH]c1C(=O)O. The summed E-state index contributed by atoms with van der Waals surface area (Å²) in [6.45, 7) is 1.68. The first kappa shape index (κ1) is 10.1. The van der Waals surface area contributed by atoms with Crippen LogP contribution in [0.5, 0.6) is 0 Å². The minimum absolute atomic E-state index is 0.0307. The van der Waals surface area contributed by atoms with Crippen molar-refractivity contribution >= 4 is 11.8 Å². The molecule has 0 amide bonds. The Balaban J connectivity index is 2.92. The maximum absolute atomic E-state index is 10.6. The summed E-state index contributed by atoms with van der Waals surface area (Å²) in [5, 5.41) is 19.8. The summed E-state index contributed by atoms with van der Waals surface area (Å²) in [4.78, 5) is 13.3. The number of H-pyrrole nitrogens is 1. The third kappa shape index (κ3) is 2.03. The Bertz CT molecular complexity index is 381. The molecule has 0 saturated carbocycles. The molecule has 0 aliphatic rings. The number of aromatic carboxylic acids is 1. The summed E-state index contributed by atoms with van der Waals surface area (Å²) in [6.07, 6.45) is 0.199. The van der Waals surface area contributed by atoms with Gasteiger partial charge in [0.2, 0.25) is 0 Å². The van der Waals surface area contributed by atoms with Gasteiger partial charge in [-0.15, -0.1) is 0 Å². The highest BCUT2D eigenvalue weighted by Gasteiger charge is 2.11. The first-order valence-corrected chi connectivity index (χ1v) is 3.92. The predicted octanol–water partition coefficient (Wildman–Crippen LogP) is 0.310. The average molecular weight is 197 g/mol. The molecule has 0 aliphatic carbocycles. The van der Waals surface area contributed by atoms with Crippen molar-refractivity contribution in [2.75, 3.05) is 0 Å². The van der Waals surface area contributed by atoms with Crippen molar-refractivity contribution in [3.8, 4) is 0 Å². The lowest BCUT2D eigenvalue weighted by Gasteiger charge is -1.94. The zero-order valence-corrected chi connectivity index (χ0v) is 7.61. The molecule has 0 radical (unpaired) electrons. The summed E-state index contributed by atoms with van der Waals surface area (Å²) in [5.41, 5.74) is 6.63. The molecule has 0 bridgehead atoms. The minimum atomic E-state index is -1.02. The molecule has 5 N–H and O–H groups in total. The molecule has 1 aromatic heterocycles. The van der Waals surface area contributed by atoms with Crippen LogP contribution in [0.4, 0.5) is 0 Å². The van der Waals surface area contributed by atoms with Gasteiger partial charge in [0, 0.05) is 12.1 Å². The number of nitrogens with two attached hydrogens (primary N) is 1. The molecule has 0 spiro atoms. The lowest BCUT2D eigenvalue weighted by Crippen LogP contribution is -2.15. The Morgan fingerprint density at radius 3 is 2.79 bits per heavy atom. The van der Waals surface area contributed by atoms with Crippen LogP contribution in [0.1, 0.15) is 21.7 Å². The van der Waals surface area contributed by atoms with Gasteiger partial charge in [0.15, 0.2) is 0 Å². The number of amidine groups is 1. The molecule has 0 aromatic carbocycles. The molecule has 1 aromatic rings. The van der Waals surface area contributed by atoms with Crippen LogP contribution >= 0.6 is 0 Å². The van der Waals surface area contributed by atoms with E-state index >= 15 is 0 Å². The van der Waals surface area contributed by atoms with Crippen molar-refractivity contribution in [2.45, 2.75) is 13.3 Å². The van der Waals surface area contributed by atoms with Crippen LogP contribution in [0.2, 0.25) is 0 Å². The molecule has 0 unspecified atom stereocenters. The third-order valence-corrected chi connectivity index (χ3v) is 1.78. The van der Waals surface area contributed by atoms with Crippen molar-refractivity contribution in [3.05, 3.63) is 23.0 Å². The number of rotatable bonds is 3. The van der Waals surface area contributed by atoms with Gasteiger partial charge in [-0.2, -0.15) is 0 Å². The highest BCUT2D eigenvalue weighted by atomic mass is 16.4. The van der Waals surface area contributed by atoms with Crippen LogP contribution in [0.3, 0.4) is 0 Å². The lowest BCUT2D eigenvalue weighted by molar-refractivity contribution is 0.0690. The van der Waals surface area contributed by atoms with E-state index in [9.17, 15) is 4.79 Å². The number of carboxylic acid groups (broad SMARTS) is 1. The number of nitrogens with one attached hydrogen (secondary N) is 1. The number of aromatic amines is 1. The molecule has 0 atom stereocenters. The van der Waals surface area contributed by atoms with Crippen molar-refractivity contribution in [3.63, 3.8) is 0 Å². The molecular formula is C8H11N3O3. The fraction of sp³-hybridized carbons (Fsp3) is 0.250. The summed E-state index contributed by atoms with van der Waals surface area (Å²) in [7, 11) is 0. The Morgan fingerprint density at radius 2 is 2.36 bits per heavy atom. The number of hydrogen-bond donors (Lipinski definition) is 4. The van der Waals surface area contributed by atoms with E-state index in [0.717, 1.165) is 0 Å². The van der Waals surface area contributed by atoms with Gasteiger partial charge < -0.3 is 21.0 Å². The van der Waals surface area contributed by atoms with E-state index in [4.69, 9.17) is 16.0 Å². The number of hydrogen-bond acceptors (Lipinski definition) is 3. The van der Waals surface area contributed by atoms with E-state index in [1.54, 1.807) is 13.0 Å². The lowest BCUT2D eigenvalue weighted by atomic mass is 10.2. The standard InChI is InChI=1S/C8H11N3O3/c1-4-2-5(3-6(9)11-14)10-7(4)8(12)13/h2,10,14H,3H2,1H3,(H2,9,11)(H,12,13). The molecule has 76 valence electrons. The Kier molecular flexibility index (Phi) is 2.76. The van der Waals surface area contributed by atoms with Crippen LogP contribution in [0.25, 0.3) is 0 Å². The molecule has 0 fully saturated rings. The van der Waals surface area contributed by atoms with Crippen LogP contribution in [0.15, 0.2) is 11.2 Å². The first-order valence-electron chi connectivity index (χ1n) is 3.92. The van der Waals surface area contributed by atoms with Crippen molar-refractivity contribution < 1.29 is 15.1 Å². The summed E-state index contributed by atoms with van der Waals surface area (Å²) < 4.78 is 0. The van der Waals surface area contributed by atoms with Crippen LogP contribution in [-0.4, -0.2) is 27.1 Å². The van der Waals surface area contributed by atoms with E-state index in [0.29, 0.717) is 11.3 Å². The average Bonchev–Trinajstić information content (AvgIpc) is 2.46. The second kappa shape index (κ2) is 3.82. The van der Waals surface area contributed by atoms with E-state index in [1.807, 2.05) is 0 Å². The number of oxime groups is 1. The molecule has 1 rings (SSSR count). The van der Waals surface area contributed by atoms with Gasteiger partial charge in [-0.3, -0.25) is 0 Å². The molecule has 1 heterocycles. The van der Waals surface area contributed by atoms with Crippen molar-refractivity contribution in [2.24, 2.45) is 10.9 Å². The van der Waals surface area contributed by atoms with Gasteiger partial charge >= 0.3 is 5.97 Å². The van der Waals surface area contributed by atoms with Gasteiger partial charge in [-0.1, -0.05) is 5.16 Å². The number of aromatic nitrogens is 1. The fourth-order valence-electron chi connectivity index (χ4n) is 1.18. The second-order valence-corrected chi connectivity index (χ2v) is 2.93. The highest BCUT2D eigenvalue weighted by molar-refractivity contribution is 5.88. The number of nitrogens with zero attached hydrogens (tertiary/aromatic N) is 1. The summed E-state index contributed by atoms with van der Waals surface area (Å²) in [5.74, 6) is -0.989. The van der Waals surface area contributed by atoms with Crippen LogP contribution in [-0.2, 0) is 6.42 Å². The van der Waals surface area contributed by atoms with Crippen molar-refractivity contribution in [1.29, 1.82) is 0 Å². The zero-order valence-electron chi connectivity index (χ0n) is 7.61. The largest absolute Gasteiger partial charge is 0.477 e. The molecule has 6 nitrogen and oxygen atoms in total. The zero-order chi connectivity index (χ0) is 10.7. The molecule has 0 saturated heterocycles. The van der Waals surface area contributed by atoms with Gasteiger partial charge in [0.1, 0.15) is 11.5 Å². The minimum Gasteiger partial charge on any atom is -0.477 e. The maximum atomic E-state index is 10.6. The molecule has 14 heavy (non-hydrogen) atoms. The van der Waals surface area contributed by atoms with Gasteiger partial charge in [-0.05, 0) is 18.6 Å². The van der Waals surface area contributed by atoms with Gasteiger partial charge in [0.05, 0.1) is 0 Å². The summed E-state index contributed by atoms with van der Waals surface area (Å²) in [6, 6.07) is 1.65. The number of carboxylic acids is 1. The maximum Gasteiger partial charge on any atom is 0.352 e. The van der Waals surface area contributed by atoms with E-state index in [1.165, 1.54) is 0 Å². The van der Waals surface area contributed by atoms with Crippen molar-refractivity contribution in [1.82, 2.24) is 4.98 Å².